The molecule has 1 N–H and O–H groups in total. The molecule has 0 aliphatic rings. The highest BCUT2D eigenvalue weighted by Gasteiger charge is 2.19. The maximum Gasteiger partial charge on any atom is 0.129 e. The van der Waals surface area contributed by atoms with Gasteiger partial charge in [-0.3, -0.25) is 0 Å². The molecule has 2 aromatic rings. The van der Waals surface area contributed by atoms with Crippen LogP contribution in [0.25, 0.3) is 0 Å². The fourth-order valence-electron chi connectivity index (χ4n) is 1.98. The number of thiophene rings is 1. The number of hydrogen-bond acceptors (Lipinski definition) is 3. The number of ether oxygens (including phenoxy) is 1. The van der Waals surface area contributed by atoms with Gasteiger partial charge in [-0.2, -0.15) is 0 Å². The third-order valence-electron chi connectivity index (χ3n) is 2.99. The lowest BCUT2D eigenvalue weighted by Crippen LogP contribution is -2.23. The largest absolute Gasteiger partial charge is 0.496 e. The van der Waals surface area contributed by atoms with Crippen molar-refractivity contribution in [3.63, 3.8) is 0 Å². The molecular weight excluding hydrogens is 297 g/mol. The Labute approximate surface area is 127 Å². The van der Waals surface area contributed by atoms with Crippen LogP contribution in [-0.2, 0) is 0 Å². The molecule has 0 saturated heterocycles. The molecule has 0 spiro atoms. The van der Waals surface area contributed by atoms with Crippen molar-refractivity contribution in [1.29, 1.82) is 0 Å². The van der Waals surface area contributed by atoms with Gasteiger partial charge >= 0.3 is 0 Å². The van der Waals surface area contributed by atoms with Crippen molar-refractivity contribution in [3.05, 3.63) is 50.9 Å². The summed E-state index contributed by atoms with van der Waals surface area (Å²) in [6.45, 7) is 2.89. The first-order chi connectivity index (χ1) is 9.65. The van der Waals surface area contributed by atoms with Gasteiger partial charge in [0.15, 0.2) is 0 Å². The van der Waals surface area contributed by atoms with E-state index in [9.17, 15) is 4.39 Å². The fraction of sp³-hybridized carbons (Fsp3) is 0.333. The summed E-state index contributed by atoms with van der Waals surface area (Å²) in [5, 5.41) is 5.70. The van der Waals surface area contributed by atoms with Gasteiger partial charge in [-0.1, -0.05) is 24.6 Å². The van der Waals surface area contributed by atoms with Crippen LogP contribution in [0, 0.1) is 5.82 Å². The second-order valence-electron chi connectivity index (χ2n) is 4.44. The number of halogens is 2. The molecule has 5 heteroatoms. The third-order valence-corrected chi connectivity index (χ3v) is 4.20. The minimum atomic E-state index is -0.293. The van der Waals surface area contributed by atoms with Crippen LogP contribution < -0.4 is 10.1 Å². The minimum absolute atomic E-state index is 0.180. The lowest BCUT2D eigenvalue weighted by Gasteiger charge is -2.18. The molecule has 0 aliphatic heterocycles. The molecule has 20 heavy (non-hydrogen) atoms. The number of nitrogens with one attached hydrogen (secondary N) is 1. The fourth-order valence-corrected chi connectivity index (χ4v) is 3.09. The molecular formula is C15H17ClFNOS. The van der Waals surface area contributed by atoms with Crippen LogP contribution in [0.4, 0.5) is 4.39 Å². The Bertz CT molecular complexity index is 573. The molecule has 0 radical (unpaired) electrons. The quantitative estimate of drug-likeness (QED) is 0.839. The predicted molar refractivity (Wildman–Crippen MR) is 82.4 cm³/mol. The van der Waals surface area contributed by atoms with Crippen molar-refractivity contribution < 1.29 is 9.13 Å². The van der Waals surface area contributed by atoms with Gasteiger partial charge in [0.2, 0.25) is 0 Å². The van der Waals surface area contributed by atoms with Gasteiger partial charge in [0.25, 0.3) is 0 Å². The average molecular weight is 314 g/mol. The summed E-state index contributed by atoms with van der Waals surface area (Å²) in [5.74, 6) is 0.501. The predicted octanol–water partition coefficient (Wildman–Crippen LogP) is 4.64. The normalized spacial score (nSPS) is 12.4. The Balaban J connectivity index is 2.35. The summed E-state index contributed by atoms with van der Waals surface area (Å²) in [6.07, 6.45) is 0.980. The van der Waals surface area contributed by atoms with Crippen molar-refractivity contribution in [1.82, 2.24) is 5.32 Å². The summed E-state index contributed by atoms with van der Waals surface area (Å²) in [7, 11) is 1.63. The topological polar surface area (TPSA) is 21.3 Å². The first-order valence-electron chi connectivity index (χ1n) is 6.46. The Kier molecular flexibility index (Phi) is 5.40. The smallest absolute Gasteiger partial charge is 0.129 e. The molecule has 0 bridgehead atoms. The maximum atomic E-state index is 14.2. The molecule has 0 fully saturated rings. The van der Waals surface area contributed by atoms with Gasteiger partial charge in [-0.05, 0) is 31.2 Å². The van der Waals surface area contributed by atoms with Crippen LogP contribution in [0.3, 0.4) is 0 Å². The van der Waals surface area contributed by atoms with Crippen LogP contribution in [0.1, 0.15) is 29.8 Å². The molecule has 1 atom stereocenters. The van der Waals surface area contributed by atoms with E-state index in [-0.39, 0.29) is 11.9 Å². The zero-order valence-electron chi connectivity index (χ0n) is 11.5. The molecule has 1 unspecified atom stereocenters. The molecule has 0 aliphatic carbocycles. The molecule has 2 rings (SSSR count). The zero-order chi connectivity index (χ0) is 14.5. The van der Waals surface area contributed by atoms with Gasteiger partial charge in [0, 0.05) is 20.8 Å². The van der Waals surface area contributed by atoms with Crippen LogP contribution in [0.2, 0.25) is 5.02 Å². The molecule has 2 nitrogen and oxygen atoms in total. The highest BCUT2D eigenvalue weighted by Crippen LogP contribution is 2.33. The second-order valence-corrected chi connectivity index (χ2v) is 5.82. The van der Waals surface area contributed by atoms with Gasteiger partial charge < -0.3 is 10.1 Å². The Hall–Kier alpha value is -1.10. The van der Waals surface area contributed by atoms with Crippen molar-refractivity contribution >= 4 is 22.9 Å². The van der Waals surface area contributed by atoms with E-state index in [1.54, 1.807) is 30.6 Å². The summed E-state index contributed by atoms with van der Waals surface area (Å²) in [5.41, 5.74) is 0.604. The highest BCUT2D eigenvalue weighted by atomic mass is 35.5. The molecule has 0 amide bonds. The van der Waals surface area contributed by atoms with E-state index in [0.717, 1.165) is 23.6 Å². The second kappa shape index (κ2) is 7.07. The van der Waals surface area contributed by atoms with Crippen LogP contribution in [0.5, 0.6) is 5.75 Å². The lowest BCUT2D eigenvalue weighted by molar-refractivity contribution is 0.416. The van der Waals surface area contributed by atoms with Crippen LogP contribution in [-0.4, -0.2) is 13.7 Å². The van der Waals surface area contributed by atoms with Crippen LogP contribution in [0.15, 0.2) is 29.6 Å². The number of benzene rings is 1. The monoisotopic (exact) mass is 313 g/mol. The van der Waals surface area contributed by atoms with E-state index in [0.29, 0.717) is 10.6 Å². The first-order valence-corrected chi connectivity index (χ1v) is 7.72. The molecule has 1 heterocycles. The van der Waals surface area contributed by atoms with Gasteiger partial charge in [0.05, 0.1) is 13.2 Å². The van der Waals surface area contributed by atoms with Gasteiger partial charge in [-0.25, -0.2) is 4.39 Å². The summed E-state index contributed by atoms with van der Waals surface area (Å²) >= 11 is 7.37. The van der Waals surface area contributed by atoms with Crippen molar-refractivity contribution in [2.45, 2.75) is 19.4 Å². The number of rotatable bonds is 6. The Morgan fingerprint density at radius 3 is 2.80 bits per heavy atom. The van der Waals surface area contributed by atoms with E-state index in [4.69, 9.17) is 16.3 Å². The SMILES string of the molecule is CCCNC(c1cc(OC)cs1)c1ccc(Cl)cc1F. The van der Waals surface area contributed by atoms with Gasteiger partial charge in [-0.15, -0.1) is 11.3 Å². The first kappa shape index (κ1) is 15.3. The Morgan fingerprint density at radius 2 is 2.20 bits per heavy atom. The van der Waals surface area contributed by atoms with E-state index in [1.165, 1.54) is 6.07 Å². The summed E-state index contributed by atoms with van der Waals surface area (Å²) in [6, 6.07) is 6.55. The Morgan fingerprint density at radius 1 is 1.40 bits per heavy atom. The van der Waals surface area contributed by atoms with Crippen LogP contribution >= 0.6 is 22.9 Å². The van der Waals surface area contributed by atoms with Crippen molar-refractivity contribution in [3.8, 4) is 5.75 Å². The van der Waals surface area contributed by atoms with E-state index < -0.39 is 0 Å². The zero-order valence-corrected chi connectivity index (χ0v) is 13.0. The van der Waals surface area contributed by atoms with Crippen molar-refractivity contribution in [2.75, 3.05) is 13.7 Å². The third kappa shape index (κ3) is 3.51. The lowest BCUT2D eigenvalue weighted by atomic mass is 10.0. The standard InChI is InChI=1S/C15H17ClFNOS/c1-3-6-18-15(14-8-11(19-2)9-20-14)12-5-4-10(16)7-13(12)17/h4-5,7-9,15,18H,3,6H2,1-2H3. The molecule has 108 valence electrons. The average Bonchev–Trinajstić information content (AvgIpc) is 2.90. The molecule has 1 aromatic heterocycles. The minimum Gasteiger partial charge on any atom is -0.496 e. The highest BCUT2D eigenvalue weighted by molar-refractivity contribution is 7.10. The number of methoxy groups -OCH3 is 1. The molecule has 0 saturated carbocycles. The van der Waals surface area contributed by atoms with Gasteiger partial charge in [0.1, 0.15) is 11.6 Å². The van der Waals surface area contributed by atoms with E-state index >= 15 is 0 Å². The number of hydrogen-bond donors (Lipinski definition) is 1. The summed E-state index contributed by atoms with van der Waals surface area (Å²) < 4.78 is 19.4. The van der Waals surface area contributed by atoms with E-state index in [2.05, 4.69) is 12.2 Å². The van der Waals surface area contributed by atoms with E-state index in [1.807, 2.05) is 11.4 Å². The maximum absolute atomic E-state index is 14.2. The molecule has 1 aromatic carbocycles. The summed E-state index contributed by atoms with van der Waals surface area (Å²) in [4.78, 5) is 1.02. The van der Waals surface area contributed by atoms with Crippen molar-refractivity contribution in [2.24, 2.45) is 0 Å².